The third kappa shape index (κ3) is 3.59. The zero-order chi connectivity index (χ0) is 18.7. The second kappa shape index (κ2) is 6.89. The highest BCUT2D eigenvalue weighted by atomic mass is 16.6. The van der Waals surface area contributed by atoms with E-state index in [1.54, 1.807) is 0 Å². The van der Waals surface area contributed by atoms with Gasteiger partial charge in [0.15, 0.2) is 6.61 Å². The number of carbonyl (C=O) groups is 3. The van der Waals surface area contributed by atoms with Crippen molar-refractivity contribution < 1.29 is 24.0 Å². The minimum Gasteiger partial charge on any atom is -0.482 e. The molecule has 0 aromatic heterocycles. The summed E-state index contributed by atoms with van der Waals surface area (Å²) in [4.78, 5) is 45.6. The zero-order valence-corrected chi connectivity index (χ0v) is 13.1. The van der Waals surface area contributed by atoms with Gasteiger partial charge in [0.2, 0.25) is 0 Å². The van der Waals surface area contributed by atoms with Crippen LogP contribution in [0.15, 0.2) is 42.5 Å². The Kier molecular flexibility index (Phi) is 4.48. The number of non-ortho nitro benzene ring substituents is 1. The van der Waals surface area contributed by atoms with Crippen LogP contribution < -0.4 is 20.9 Å². The number of hydrogen-bond acceptors (Lipinski definition) is 6. The van der Waals surface area contributed by atoms with E-state index in [2.05, 4.69) is 16.2 Å². The van der Waals surface area contributed by atoms with E-state index in [0.29, 0.717) is 11.4 Å². The first-order chi connectivity index (χ1) is 12.4. The van der Waals surface area contributed by atoms with Gasteiger partial charge in [0, 0.05) is 23.3 Å². The van der Waals surface area contributed by atoms with Crippen molar-refractivity contribution in [3.05, 3.63) is 63.7 Å². The van der Waals surface area contributed by atoms with E-state index in [4.69, 9.17) is 4.74 Å². The topological polar surface area (TPSA) is 140 Å². The van der Waals surface area contributed by atoms with Gasteiger partial charge >= 0.3 is 0 Å². The van der Waals surface area contributed by atoms with E-state index in [1.807, 2.05) is 0 Å². The highest BCUT2D eigenvalue weighted by Crippen LogP contribution is 2.28. The fraction of sp³-hybridized carbons (Fsp3) is 0.0625. The number of nitrogens with zero attached hydrogens (tertiary/aromatic N) is 1. The highest BCUT2D eigenvalue weighted by molar-refractivity contribution is 6.01. The molecule has 0 saturated heterocycles. The highest BCUT2D eigenvalue weighted by Gasteiger charge is 2.18. The van der Waals surface area contributed by atoms with Crippen LogP contribution >= 0.6 is 0 Å². The van der Waals surface area contributed by atoms with Gasteiger partial charge in [-0.25, -0.2) is 0 Å². The largest absolute Gasteiger partial charge is 0.482 e. The number of nitrogens with one attached hydrogen (secondary N) is 3. The Morgan fingerprint density at radius 3 is 2.46 bits per heavy atom. The van der Waals surface area contributed by atoms with E-state index in [-0.39, 0.29) is 29.3 Å². The number of nitro groups is 1. The maximum atomic E-state index is 12.1. The van der Waals surface area contributed by atoms with Gasteiger partial charge in [-0.2, -0.15) is 0 Å². The second-order valence-electron chi connectivity index (χ2n) is 5.26. The molecule has 0 fully saturated rings. The first-order valence-electron chi connectivity index (χ1n) is 7.36. The predicted octanol–water partition coefficient (Wildman–Crippen LogP) is 1.00. The van der Waals surface area contributed by atoms with Crippen molar-refractivity contribution in [3.63, 3.8) is 0 Å². The molecule has 26 heavy (non-hydrogen) atoms. The lowest BCUT2D eigenvalue weighted by molar-refractivity contribution is -0.384. The molecule has 2 aromatic carbocycles. The molecule has 3 amide bonds. The van der Waals surface area contributed by atoms with Crippen molar-refractivity contribution in [2.75, 3.05) is 11.9 Å². The van der Waals surface area contributed by atoms with E-state index < -0.39 is 16.7 Å². The fourth-order valence-electron chi connectivity index (χ4n) is 2.24. The molecule has 0 atom stereocenters. The maximum absolute atomic E-state index is 12.1. The SMILES string of the molecule is O=C1COc2ccc(C(=O)NNC(=O)c3cccc([N+](=O)[O-])c3)cc2N1. The molecule has 0 spiro atoms. The molecule has 0 saturated carbocycles. The molecule has 132 valence electrons. The smallest absolute Gasteiger partial charge is 0.270 e. The van der Waals surface area contributed by atoms with Gasteiger partial charge in [0.1, 0.15) is 5.75 Å². The van der Waals surface area contributed by atoms with Gasteiger partial charge in [-0.05, 0) is 24.3 Å². The molecule has 1 aliphatic heterocycles. The van der Waals surface area contributed by atoms with Gasteiger partial charge in [0.25, 0.3) is 23.4 Å². The number of fused-ring (bicyclic) bond motifs is 1. The number of hydrazine groups is 1. The minimum absolute atomic E-state index is 0.0191. The lowest BCUT2D eigenvalue weighted by Crippen LogP contribution is -2.41. The molecule has 1 aliphatic rings. The van der Waals surface area contributed by atoms with E-state index in [1.165, 1.54) is 36.4 Å². The number of ether oxygens (including phenoxy) is 1. The quantitative estimate of drug-likeness (QED) is 0.554. The fourth-order valence-corrected chi connectivity index (χ4v) is 2.24. The number of nitro benzene ring substituents is 1. The van der Waals surface area contributed by atoms with Crippen LogP contribution in [0.3, 0.4) is 0 Å². The summed E-state index contributed by atoms with van der Waals surface area (Å²) < 4.78 is 5.19. The minimum atomic E-state index is -0.711. The number of anilines is 1. The standard InChI is InChI=1S/C16H12N4O6/c21-14-8-26-13-5-4-10(7-12(13)17-14)16(23)19-18-15(22)9-2-1-3-11(6-9)20(24)25/h1-7H,8H2,(H,17,21)(H,18,22)(H,19,23). The molecule has 2 aromatic rings. The Labute approximate surface area is 146 Å². The molecule has 0 bridgehead atoms. The van der Waals surface area contributed by atoms with Crippen LogP contribution in [0.1, 0.15) is 20.7 Å². The van der Waals surface area contributed by atoms with Crippen LogP contribution in [-0.2, 0) is 4.79 Å². The monoisotopic (exact) mass is 356 g/mol. The van der Waals surface area contributed by atoms with Gasteiger partial charge in [0.05, 0.1) is 10.6 Å². The maximum Gasteiger partial charge on any atom is 0.270 e. The summed E-state index contributed by atoms with van der Waals surface area (Å²) in [6.07, 6.45) is 0. The van der Waals surface area contributed by atoms with E-state index >= 15 is 0 Å². The number of rotatable bonds is 3. The molecule has 0 aliphatic carbocycles. The first-order valence-corrected chi connectivity index (χ1v) is 7.36. The Bertz CT molecular complexity index is 927. The Morgan fingerprint density at radius 1 is 1.08 bits per heavy atom. The molecular formula is C16H12N4O6. The summed E-state index contributed by atoms with van der Waals surface area (Å²) in [6.45, 7) is -0.0994. The zero-order valence-electron chi connectivity index (χ0n) is 13.1. The third-order valence-corrected chi connectivity index (χ3v) is 3.48. The molecule has 0 radical (unpaired) electrons. The molecule has 1 heterocycles. The van der Waals surface area contributed by atoms with Crippen molar-refractivity contribution in [1.29, 1.82) is 0 Å². The number of carbonyl (C=O) groups excluding carboxylic acids is 3. The summed E-state index contributed by atoms with van der Waals surface area (Å²) in [6, 6.07) is 9.46. The Hall–Kier alpha value is -3.95. The van der Waals surface area contributed by atoms with Gasteiger partial charge in [-0.1, -0.05) is 6.07 Å². The molecular weight excluding hydrogens is 344 g/mol. The summed E-state index contributed by atoms with van der Waals surface area (Å²) in [7, 11) is 0. The van der Waals surface area contributed by atoms with Crippen LogP contribution in [0, 0.1) is 10.1 Å². The normalized spacial score (nSPS) is 12.2. The molecule has 3 N–H and O–H groups in total. The van der Waals surface area contributed by atoms with Crippen molar-refractivity contribution in [1.82, 2.24) is 10.9 Å². The van der Waals surface area contributed by atoms with Gasteiger partial charge < -0.3 is 10.1 Å². The second-order valence-corrected chi connectivity index (χ2v) is 5.26. The van der Waals surface area contributed by atoms with Crippen LogP contribution in [0.5, 0.6) is 5.75 Å². The van der Waals surface area contributed by atoms with Crippen LogP contribution in [-0.4, -0.2) is 29.3 Å². The lowest BCUT2D eigenvalue weighted by atomic mass is 10.1. The van der Waals surface area contributed by atoms with Gasteiger partial charge in [-0.3, -0.25) is 35.3 Å². The summed E-state index contributed by atoms with van der Waals surface area (Å²) in [5.74, 6) is -1.25. The number of benzene rings is 2. The Morgan fingerprint density at radius 2 is 1.77 bits per heavy atom. The van der Waals surface area contributed by atoms with Gasteiger partial charge in [-0.15, -0.1) is 0 Å². The van der Waals surface area contributed by atoms with Crippen molar-refractivity contribution in [3.8, 4) is 5.75 Å². The number of amides is 3. The van der Waals surface area contributed by atoms with E-state index in [0.717, 1.165) is 6.07 Å². The molecule has 10 nitrogen and oxygen atoms in total. The third-order valence-electron chi connectivity index (χ3n) is 3.48. The molecule has 3 rings (SSSR count). The van der Waals surface area contributed by atoms with Crippen molar-refractivity contribution >= 4 is 29.1 Å². The Balaban J connectivity index is 1.66. The van der Waals surface area contributed by atoms with Crippen LogP contribution in [0.25, 0.3) is 0 Å². The summed E-state index contributed by atoms with van der Waals surface area (Å²) in [5, 5.41) is 13.3. The van der Waals surface area contributed by atoms with Crippen molar-refractivity contribution in [2.45, 2.75) is 0 Å². The predicted molar refractivity (Wildman–Crippen MR) is 88.6 cm³/mol. The first kappa shape index (κ1) is 16.9. The van der Waals surface area contributed by atoms with Crippen LogP contribution in [0.4, 0.5) is 11.4 Å². The molecule has 10 heteroatoms. The lowest BCUT2D eigenvalue weighted by Gasteiger charge is -2.18. The number of hydrogen-bond donors (Lipinski definition) is 3. The van der Waals surface area contributed by atoms with Crippen molar-refractivity contribution in [2.24, 2.45) is 0 Å². The summed E-state index contributed by atoms with van der Waals surface area (Å²) >= 11 is 0. The molecule has 0 unspecified atom stereocenters. The van der Waals surface area contributed by atoms with E-state index in [9.17, 15) is 24.5 Å². The summed E-state index contributed by atoms with van der Waals surface area (Å²) in [5.41, 5.74) is 4.67. The van der Waals surface area contributed by atoms with Crippen LogP contribution in [0.2, 0.25) is 0 Å². The average Bonchev–Trinajstić information content (AvgIpc) is 2.65. The average molecular weight is 356 g/mol.